The van der Waals surface area contributed by atoms with Gasteiger partial charge in [0.25, 0.3) is 0 Å². The number of para-hydroxylation sites is 1. The molecule has 0 unspecified atom stereocenters. The number of hydrogen-bond acceptors (Lipinski definition) is 5. The van der Waals surface area contributed by atoms with Gasteiger partial charge in [-0.1, -0.05) is 67.0 Å². The third-order valence-electron chi connectivity index (χ3n) is 4.80. The molecule has 0 aliphatic rings. The summed E-state index contributed by atoms with van der Waals surface area (Å²) < 4.78 is 7.07. The minimum atomic E-state index is -0.776. The van der Waals surface area contributed by atoms with Gasteiger partial charge in [-0.2, -0.15) is 0 Å². The number of halogens is 2. The van der Waals surface area contributed by atoms with Crippen molar-refractivity contribution in [3.05, 3.63) is 69.6 Å². The molecule has 0 saturated carbocycles. The Hall–Kier alpha value is -2.35. The van der Waals surface area contributed by atoms with E-state index in [1.54, 1.807) is 17.8 Å². The quantitative estimate of drug-likeness (QED) is 0.276. The van der Waals surface area contributed by atoms with Crippen molar-refractivity contribution in [1.29, 1.82) is 0 Å². The second kappa shape index (κ2) is 11.0. The van der Waals surface area contributed by atoms with Crippen LogP contribution in [0.1, 0.15) is 43.3 Å². The Labute approximate surface area is 202 Å². The molecule has 0 aliphatic carbocycles. The van der Waals surface area contributed by atoms with Gasteiger partial charge in [0.15, 0.2) is 0 Å². The first-order valence-electron chi connectivity index (χ1n) is 10.2. The van der Waals surface area contributed by atoms with Gasteiger partial charge in [0.1, 0.15) is 10.9 Å². The zero-order valence-electron chi connectivity index (χ0n) is 18.0. The third-order valence-corrected chi connectivity index (χ3v) is 6.33. The standard InChI is InChI=1S/C23H26Cl2N4O2S/c1-14(2)21-22(32-18-11-16(24)10-17(25)12-18)29(13-15-6-3-4-7-19(15)26)20(28-21)8-5-9-31-23(27)30/h3-4,6-7,10-12,14H,5,8-9,13,26H2,1-2H3,(H2,27,30). The van der Waals surface area contributed by atoms with Crippen molar-refractivity contribution in [3.8, 4) is 0 Å². The zero-order chi connectivity index (χ0) is 23.3. The first-order valence-corrected chi connectivity index (χ1v) is 11.8. The second-order valence-corrected chi connectivity index (χ2v) is 9.57. The Morgan fingerprint density at radius 1 is 1.19 bits per heavy atom. The van der Waals surface area contributed by atoms with Crippen molar-refractivity contribution < 1.29 is 9.53 Å². The molecule has 4 N–H and O–H groups in total. The summed E-state index contributed by atoms with van der Waals surface area (Å²) in [4.78, 5) is 16.8. The molecule has 0 aliphatic heterocycles. The number of imidazole rings is 1. The van der Waals surface area contributed by atoms with Gasteiger partial charge in [-0.15, -0.1) is 0 Å². The predicted molar refractivity (Wildman–Crippen MR) is 131 cm³/mol. The van der Waals surface area contributed by atoms with E-state index in [0.717, 1.165) is 32.7 Å². The van der Waals surface area contributed by atoms with E-state index in [0.29, 0.717) is 29.4 Å². The van der Waals surface area contributed by atoms with Crippen LogP contribution in [0.5, 0.6) is 0 Å². The van der Waals surface area contributed by atoms with Gasteiger partial charge in [0.2, 0.25) is 0 Å². The Balaban J connectivity index is 2.02. The van der Waals surface area contributed by atoms with Crippen LogP contribution in [0.3, 0.4) is 0 Å². The van der Waals surface area contributed by atoms with E-state index in [9.17, 15) is 4.79 Å². The summed E-state index contributed by atoms with van der Waals surface area (Å²) in [7, 11) is 0. The van der Waals surface area contributed by atoms with E-state index < -0.39 is 6.09 Å². The highest BCUT2D eigenvalue weighted by molar-refractivity contribution is 7.99. The summed E-state index contributed by atoms with van der Waals surface area (Å²) in [6, 6.07) is 13.3. The normalized spacial score (nSPS) is 11.2. The fraction of sp³-hybridized carbons (Fsp3) is 0.304. The second-order valence-electron chi connectivity index (χ2n) is 7.64. The highest BCUT2D eigenvalue weighted by Gasteiger charge is 2.21. The lowest BCUT2D eigenvalue weighted by Crippen LogP contribution is -2.15. The molecular weight excluding hydrogens is 467 g/mol. The maximum Gasteiger partial charge on any atom is 0.404 e. The van der Waals surface area contributed by atoms with Gasteiger partial charge < -0.3 is 20.8 Å². The van der Waals surface area contributed by atoms with Crippen LogP contribution in [0.25, 0.3) is 0 Å². The van der Waals surface area contributed by atoms with Gasteiger partial charge in [0.05, 0.1) is 18.8 Å². The molecule has 0 fully saturated rings. The summed E-state index contributed by atoms with van der Waals surface area (Å²) in [5.41, 5.74) is 14.0. The van der Waals surface area contributed by atoms with Crippen LogP contribution in [0, 0.1) is 0 Å². The van der Waals surface area contributed by atoms with Crippen molar-refractivity contribution in [1.82, 2.24) is 9.55 Å². The first-order chi connectivity index (χ1) is 15.2. The largest absolute Gasteiger partial charge is 0.450 e. The van der Waals surface area contributed by atoms with Crippen LogP contribution in [-0.2, 0) is 17.7 Å². The number of hydrogen-bond donors (Lipinski definition) is 2. The predicted octanol–water partition coefficient (Wildman–Crippen LogP) is 6.12. The number of benzene rings is 2. The number of carbonyl (C=O) groups excluding carboxylic acids is 1. The number of amides is 1. The fourth-order valence-corrected chi connectivity index (χ4v) is 5.21. The lowest BCUT2D eigenvalue weighted by atomic mass is 10.1. The number of nitrogens with two attached hydrogens (primary N) is 2. The molecule has 6 nitrogen and oxygen atoms in total. The molecule has 2 aromatic carbocycles. The molecule has 0 bridgehead atoms. The van der Waals surface area contributed by atoms with E-state index in [1.807, 2.05) is 36.4 Å². The average molecular weight is 493 g/mol. The van der Waals surface area contributed by atoms with Gasteiger partial charge in [0, 0.05) is 27.0 Å². The van der Waals surface area contributed by atoms with E-state index in [2.05, 4.69) is 18.4 Å². The summed E-state index contributed by atoms with van der Waals surface area (Å²) in [5, 5.41) is 2.16. The molecule has 1 heterocycles. The van der Waals surface area contributed by atoms with Crippen LogP contribution in [-0.4, -0.2) is 22.3 Å². The van der Waals surface area contributed by atoms with E-state index in [1.165, 1.54) is 0 Å². The number of nitrogens with zero attached hydrogens (tertiary/aromatic N) is 2. The van der Waals surface area contributed by atoms with Crippen LogP contribution in [0.2, 0.25) is 10.0 Å². The number of carbonyl (C=O) groups is 1. The monoisotopic (exact) mass is 492 g/mol. The Kier molecular flexibility index (Phi) is 8.34. The van der Waals surface area contributed by atoms with Gasteiger partial charge in [-0.25, -0.2) is 9.78 Å². The Morgan fingerprint density at radius 2 is 1.88 bits per heavy atom. The number of anilines is 1. The molecule has 0 saturated heterocycles. The number of ether oxygens (including phenoxy) is 1. The lowest BCUT2D eigenvalue weighted by Gasteiger charge is -2.15. The van der Waals surface area contributed by atoms with Crippen LogP contribution >= 0.6 is 35.0 Å². The summed E-state index contributed by atoms with van der Waals surface area (Å²) in [6.45, 7) is 5.02. The summed E-state index contributed by atoms with van der Waals surface area (Å²) in [5.74, 6) is 1.09. The molecule has 0 spiro atoms. The van der Waals surface area contributed by atoms with E-state index in [-0.39, 0.29) is 12.5 Å². The summed E-state index contributed by atoms with van der Waals surface area (Å²) >= 11 is 14.0. The molecule has 9 heteroatoms. The SMILES string of the molecule is CC(C)c1nc(CCCOC(N)=O)n(Cc2ccccc2N)c1Sc1cc(Cl)cc(Cl)c1. The molecule has 170 valence electrons. The molecule has 3 rings (SSSR count). The highest BCUT2D eigenvalue weighted by Crippen LogP contribution is 2.38. The summed E-state index contributed by atoms with van der Waals surface area (Å²) in [6.07, 6.45) is 0.452. The third kappa shape index (κ3) is 6.34. The van der Waals surface area contributed by atoms with Crippen molar-refractivity contribution in [2.75, 3.05) is 12.3 Å². The molecular formula is C23H26Cl2N4O2S. The fourth-order valence-electron chi connectivity index (χ4n) is 3.29. The van der Waals surface area contributed by atoms with Crippen LogP contribution < -0.4 is 11.5 Å². The molecule has 32 heavy (non-hydrogen) atoms. The van der Waals surface area contributed by atoms with Crippen molar-refractivity contribution in [2.24, 2.45) is 5.73 Å². The van der Waals surface area contributed by atoms with E-state index in [4.69, 9.17) is 44.4 Å². The Bertz CT molecular complexity index is 1080. The van der Waals surface area contributed by atoms with Crippen LogP contribution in [0.4, 0.5) is 10.5 Å². The molecule has 1 amide bonds. The van der Waals surface area contributed by atoms with Gasteiger partial charge >= 0.3 is 6.09 Å². The number of aromatic nitrogens is 2. The molecule has 1 aromatic heterocycles. The molecule has 0 radical (unpaired) electrons. The number of primary amides is 1. The molecule has 0 atom stereocenters. The Morgan fingerprint density at radius 3 is 2.50 bits per heavy atom. The lowest BCUT2D eigenvalue weighted by molar-refractivity contribution is 0.155. The average Bonchev–Trinajstić information content (AvgIpc) is 3.03. The number of nitrogen functional groups attached to an aromatic ring is 1. The number of rotatable bonds is 9. The smallest absolute Gasteiger partial charge is 0.404 e. The van der Waals surface area contributed by atoms with E-state index >= 15 is 0 Å². The minimum absolute atomic E-state index is 0.196. The van der Waals surface area contributed by atoms with Crippen LogP contribution in [0.15, 0.2) is 52.4 Å². The number of aryl methyl sites for hydroxylation is 1. The highest BCUT2D eigenvalue weighted by atomic mass is 35.5. The maximum atomic E-state index is 10.9. The first kappa shape index (κ1) is 24.3. The van der Waals surface area contributed by atoms with Crippen molar-refractivity contribution in [3.63, 3.8) is 0 Å². The van der Waals surface area contributed by atoms with Crippen molar-refractivity contribution >= 4 is 46.7 Å². The van der Waals surface area contributed by atoms with Gasteiger partial charge in [-0.3, -0.25) is 0 Å². The minimum Gasteiger partial charge on any atom is -0.450 e. The molecule has 3 aromatic rings. The van der Waals surface area contributed by atoms with Crippen molar-refractivity contribution in [2.45, 2.75) is 49.1 Å². The topological polar surface area (TPSA) is 96.2 Å². The zero-order valence-corrected chi connectivity index (χ0v) is 20.3. The maximum absolute atomic E-state index is 10.9. The van der Waals surface area contributed by atoms with Gasteiger partial charge in [-0.05, 0) is 42.2 Å².